The molecule has 7 heteroatoms. The second-order valence-corrected chi connectivity index (χ2v) is 3.06. The van der Waals surface area contributed by atoms with Crippen molar-refractivity contribution >= 4 is 17.9 Å². The molecule has 0 aliphatic rings. The van der Waals surface area contributed by atoms with Gasteiger partial charge in [-0.15, -0.1) is 0 Å². The molecule has 0 fully saturated rings. The fourth-order valence-corrected chi connectivity index (χ4v) is 0.915. The standard InChI is InChI=1S/C11H18N2O5/c1-3-17-8-6-9(14)13-11(16)12-7-5-10(15)18-4-2/h6,8H,3-5,7H2,1-2H3,(H2,12,13,14,16)/b8-6+. The Labute approximate surface area is 106 Å². The second kappa shape index (κ2) is 10.1. The quantitative estimate of drug-likeness (QED) is 0.389. The van der Waals surface area contributed by atoms with Crippen LogP contribution in [0.25, 0.3) is 0 Å². The Kier molecular flexibility index (Phi) is 8.97. The van der Waals surface area contributed by atoms with Crippen LogP contribution in [0.2, 0.25) is 0 Å². The van der Waals surface area contributed by atoms with Crippen LogP contribution in [-0.4, -0.2) is 37.7 Å². The van der Waals surface area contributed by atoms with Gasteiger partial charge in [-0.1, -0.05) is 0 Å². The molecule has 0 rings (SSSR count). The van der Waals surface area contributed by atoms with E-state index in [4.69, 9.17) is 4.74 Å². The lowest BCUT2D eigenvalue weighted by Gasteiger charge is -2.04. The van der Waals surface area contributed by atoms with E-state index >= 15 is 0 Å². The maximum atomic E-state index is 11.2. The van der Waals surface area contributed by atoms with Crippen molar-refractivity contribution < 1.29 is 23.9 Å². The van der Waals surface area contributed by atoms with Crippen LogP contribution in [-0.2, 0) is 19.1 Å². The highest BCUT2D eigenvalue weighted by Crippen LogP contribution is 1.84. The van der Waals surface area contributed by atoms with Gasteiger partial charge in [0.05, 0.1) is 25.9 Å². The molecule has 102 valence electrons. The largest absolute Gasteiger partial charge is 0.501 e. The highest BCUT2D eigenvalue weighted by molar-refractivity contribution is 6.00. The summed E-state index contributed by atoms with van der Waals surface area (Å²) in [5.41, 5.74) is 0. The SMILES string of the molecule is CCO/C=C/C(=O)NC(=O)NCCC(=O)OCC. The summed E-state index contributed by atoms with van der Waals surface area (Å²) in [6.07, 6.45) is 2.35. The van der Waals surface area contributed by atoms with Gasteiger partial charge in [-0.2, -0.15) is 0 Å². The summed E-state index contributed by atoms with van der Waals surface area (Å²) < 4.78 is 9.46. The number of hydrogen-bond acceptors (Lipinski definition) is 5. The lowest BCUT2D eigenvalue weighted by molar-refractivity contribution is -0.142. The van der Waals surface area contributed by atoms with Crippen LogP contribution >= 0.6 is 0 Å². The third-order valence-electron chi connectivity index (χ3n) is 1.64. The number of amides is 3. The fraction of sp³-hybridized carbons (Fsp3) is 0.545. The van der Waals surface area contributed by atoms with Gasteiger partial charge in [-0.25, -0.2) is 4.79 Å². The molecule has 0 aromatic heterocycles. The van der Waals surface area contributed by atoms with Crippen LogP contribution in [0.3, 0.4) is 0 Å². The molecule has 0 aromatic rings. The number of carbonyl (C=O) groups excluding carboxylic acids is 3. The molecule has 0 radical (unpaired) electrons. The Balaban J connectivity index is 3.71. The number of esters is 1. The molecule has 0 heterocycles. The molecular formula is C11H18N2O5. The molecule has 3 amide bonds. The van der Waals surface area contributed by atoms with Gasteiger partial charge in [-0.3, -0.25) is 14.9 Å². The summed E-state index contributed by atoms with van der Waals surface area (Å²) >= 11 is 0. The number of ether oxygens (including phenoxy) is 2. The summed E-state index contributed by atoms with van der Waals surface area (Å²) in [7, 11) is 0. The normalized spacial score (nSPS) is 9.89. The van der Waals surface area contributed by atoms with E-state index < -0.39 is 17.9 Å². The van der Waals surface area contributed by atoms with Crippen LogP contribution in [0.15, 0.2) is 12.3 Å². The zero-order valence-corrected chi connectivity index (χ0v) is 10.5. The van der Waals surface area contributed by atoms with E-state index in [1.165, 1.54) is 6.26 Å². The summed E-state index contributed by atoms with van der Waals surface area (Å²) in [6.45, 7) is 4.31. The molecular weight excluding hydrogens is 240 g/mol. The van der Waals surface area contributed by atoms with Gasteiger partial charge in [0.25, 0.3) is 5.91 Å². The first-order valence-corrected chi connectivity index (χ1v) is 5.62. The molecule has 0 spiro atoms. The van der Waals surface area contributed by atoms with Gasteiger partial charge in [0.15, 0.2) is 0 Å². The Bertz CT molecular complexity index is 315. The smallest absolute Gasteiger partial charge is 0.321 e. The summed E-state index contributed by atoms with van der Waals surface area (Å²) in [6, 6.07) is -0.676. The molecule has 0 atom stereocenters. The lowest BCUT2D eigenvalue weighted by atomic mass is 10.4. The average Bonchev–Trinajstić information content (AvgIpc) is 2.29. The Hall–Kier alpha value is -2.05. The number of nitrogens with one attached hydrogen (secondary N) is 2. The first-order valence-electron chi connectivity index (χ1n) is 5.62. The van der Waals surface area contributed by atoms with E-state index in [-0.39, 0.29) is 13.0 Å². The molecule has 0 aliphatic heterocycles. The zero-order valence-electron chi connectivity index (χ0n) is 10.5. The molecule has 0 aliphatic carbocycles. The monoisotopic (exact) mass is 258 g/mol. The van der Waals surface area contributed by atoms with Gasteiger partial charge in [0.2, 0.25) is 0 Å². The summed E-state index contributed by atoms with van der Waals surface area (Å²) in [5.74, 6) is -1.00. The van der Waals surface area contributed by atoms with Gasteiger partial charge < -0.3 is 14.8 Å². The van der Waals surface area contributed by atoms with Crippen molar-refractivity contribution in [2.24, 2.45) is 0 Å². The van der Waals surface area contributed by atoms with E-state index in [9.17, 15) is 14.4 Å². The molecule has 7 nitrogen and oxygen atoms in total. The van der Waals surface area contributed by atoms with Crippen molar-refractivity contribution in [1.29, 1.82) is 0 Å². The van der Waals surface area contributed by atoms with Crippen molar-refractivity contribution in [1.82, 2.24) is 10.6 Å². The minimum absolute atomic E-state index is 0.0598. The highest BCUT2D eigenvalue weighted by Gasteiger charge is 2.06. The zero-order chi connectivity index (χ0) is 13.8. The molecule has 18 heavy (non-hydrogen) atoms. The third kappa shape index (κ3) is 9.20. The van der Waals surface area contributed by atoms with Crippen LogP contribution in [0.4, 0.5) is 4.79 Å². The first-order chi connectivity index (χ1) is 8.60. The number of hydrogen-bond donors (Lipinski definition) is 2. The number of rotatable bonds is 7. The van der Waals surface area contributed by atoms with Crippen molar-refractivity contribution in [3.05, 3.63) is 12.3 Å². The van der Waals surface area contributed by atoms with E-state index in [0.29, 0.717) is 13.2 Å². The Morgan fingerprint density at radius 3 is 2.50 bits per heavy atom. The maximum Gasteiger partial charge on any atom is 0.321 e. The van der Waals surface area contributed by atoms with Crippen molar-refractivity contribution in [3.8, 4) is 0 Å². The topological polar surface area (TPSA) is 93.7 Å². The minimum atomic E-state index is -0.676. The van der Waals surface area contributed by atoms with Crippen molar-refractivity contribution in [3.63, 3.8) is 0 Å². The fourth-order valence-electron chi connectivity index (χ4n) is 0.915. The summed E-state index contributed by atoms with van der Waals surface area (Å²) in [5, 5.41) is 4.38. The summed E-state index contributed by atoms with van der Waals surface area (Å²) in [4.78, 5) is 33.2. The average molecular weight is 258 g/mol. The first kappa shape index (κ1) is 16.0. The van der Waals surface area contributed by atoms with Crippen molar-refractivity contribution in [2.45, 2.75) is 20.3 Å². The number of imide groups is 1. The molecule has 0 unspecified atom stereocenters. The molecule has 0 saturated heterocycles. The predicted molar refractivity (Wildman–Crippen MR) is 63.6 cm³/mol. The molecule has 0 saturated carbocycles. The van der Waals surface area contributed by atoms with Crippen LogP contribution < -0.4 is 10.6 Å². The van der Waals surface area contributed by atoms with E-state index in [2.05, 4.69) is 10.1 Å². The molecule has 2 N–H and O–H groups in total. The van der Waals surface area contributed by atoms with Gasteiger partial charge >= 0.3 is 12.0 Å². The molecule has 0 bridgehead atoms. The van der Waals surface area contributed by atoms with Crippen molar-refractivity contribution in [2.75, 3.05) is 19.8 Å². The lowest BCUT2D eigenvalue weighted by Crippen LogP contribution is -2.39. The van der Waals surface area contributed by atoms with Gasteiger partial charge in [-0.05, 0) is 13.8 Å². The van der Waals surface area contributed by atoms with E-state index in [1.807, 2.05) is 5.32 Å². The highest BCUT2D eigenvalue weighted by atomic mass is 16.5. The third-order valence-corrected chi connectivity index (χ3v) is 1.64. The minimum Gasteiger partial charge on any atom is -0.501 e. The number of carbonyl (C=O) groups is 3. The predicted octanol–water partition coefficient (Wildman–Crippen LogP) is 0.316. The van der Waals surface area contributed by atoms with Crippen LogP contribution in [0.5, 0.6) is 0 Å². The van der Waals surface area contributed by atoms with E-state index in [1.54, 1.807) is 13.8 Å². The van der Waals surface area contributed by atoms with Crippen LogP contribution in [0.1, 0.15) is 20.3 Å². The maximum absolute atomic E-state index is 11.2. The number of urea groups is 1. The van der Waals surface area contributed by atoms with Crippen LogP contribution in [0, 0.1) is 0 Å². The van der Waals surface area contributed by atoms with E-state index in [0.717, 1.165) is 6.08 Å². The van der Waals surface area contributed by atoms with Gasteiger partial charge in [0.1, 0.15) is 0 Å². The Morgan fingerprint density at radius 1 is 1.17 bits per heavy atom. The Morgan fingerprint density at radius 2 is 1.89 bits per heavy atom. The van der Waals surface area contributed by atoms with Gasteiger partial charge in [0, 0.05) is 12.6 Å². The molecule has 0 aromatic carbocycles. The second-order valence-electron chi connectivity index (χ2n) is 3.06.